The van der Waals surface area contributed by atoms with Crippen molar-refractivity contribution in [3.8, 4) is 0 Å². The molecule has 0 aromatic rings. The molecule has 14 heavy (non-hydrogen) atoms. The van der Waals surface area contributed by atoms with E-state index < -0.39 is 11.9 Å². The van der Waals surface area contributed by atoms with Crippen LogP contribution in [0.5, 0.6) is 0 Å². The number of hydrogen-bond donors (Lipinski definition) is 1. The third kappa shape index (κ3) is 4.23. The van der Waals surface area contributed by atoms with E-state index in [2.05, 4.69) is 0 Å². The molecule has 1 heterocycles. The second-order valence-electron chi connectivity index (χ2n) is 3.22. The summed E-state index contributed by atoms with van der Waals surface area (Å²) in [6, 6.07) is 0. The zero-order chi connectivity index (χ0) is 10.4. The van der Waals surface area contributed by atoms with Crippen LogP contribution in [-0.4, -0.2) is 36.4 Å². The largest absolute Gasteiger partial charge is 0.481 e. The zero-order valence-corrected chi connectivity index (χ0v) is 7.90. The van der Waals surface area contributed by atoms with Gasteiger partial charge in [-0.1, -0.05) is 0 Å². The van der Waals surface area contributed by atoms with E-state index in [4.69, 9.17) is 14.6 Å². The third-order valence-corrected chi connectivity index (χ3v) is 1.96. The lowest BCUT2D eigenvalue weighted by molar-refractivity contribution is -0.157. The maximum absolute atomic E-state index is 11.1. The van der Waals surface area contributed by atoms with E-state index in [0.717, 1.165) is 12.8 Å². The number of carbonyl (C=O) groups is 2. The predicted octanol–water partition coefficient (Wildman–Crippen LogP) is 0.573. The number of hydrogen-bond acceptors (Lipinski definition) is 4. The van der Waals surface area contributed by atoms with E-state index in [1.165, 1.54) is 0 Å². The van der Waals surface area contributed by atoms with Crippen LogP contribution in [0.15, 0.2) is 0 Å². The lowest BCUT2D eigenvalue weighted by Crippen LogP contribution is -2.28. The minimum Gasteiger partial charge on any atom is -0.481 e. The molecule has 5 nitrogen and oxygen atoms in total. The summed E-state index contributed by atoms with van der Waals surface area (Å²) in [6.07, 6.45) is 1.26. The molecule has 80 valence electrons. The molecule has 1 saturated heterocycles. The van der Waals surface area contributed by atoms with Crippen LogP contribution in [-0.2, 0) is 19.1 Å². The molecule has 0 amide bonds. The molecule has 0 aromatic heterocycles. The number of carboxylic acids is 1. The second-order valence-corrected chi connectivity index (χ2v) is 3.22. The van der Waals surface area contributed by atoms with Gasteiger partial charge in [-0.3, -0.25) is 9.59 Å². The van der Waals surface area contributed by atoms with Crippen LogP contribution in [0.1, 0.15) is 25.7 Å². The van der Waals surface area contributed by atoms with Crippen LogP contribution in [0, 0.1) is 0 Å². The van der Waals surface area contributed by atoms with Gasteiger partial charge in [-0.25, -0.2) is 0 Å². The van der Waals surface area contributed by atoms with Crippen molar-refractivity contribution in [2.24, 2.45) is 0 Å². The summed E-state index contributed by atoms with van der Waals surface area (Å²) in [5.74, 6) is -1.44. The fraction of sp³-hybridized carbons (Fsp3) is 0.778. The molecule has 1 aliphatic heterocycles. The SMILES string of the molecule is O=C(O)CCC(=O)O[C@H]1CCCOC1. The number of rotatable bonds is 4. The van der Waals surface area contributed by atoms with E-state index >= 15 is 0 Å². The van der Waals surface area contributed by atoms with Gasteiger partial charge in [-0.15, -0.1) is 0 Å². The molecular formula is C9H14O5. The Bertz CT molecular complexity index is 207. The minimum atomic E-state index is -0.984. The molecule has 0 bridgehead atoms. The molecule has 0 aliphatic carbocycles. The van der Waals surface area contributed by atoms with E-state index in [1.54, 1.807) is 0 Å². The topological polar surface area (TPSA) is 72.8 Å². The van der Waals surface area contributed by atoms with Crippen LogP contribution in [0.2, 0.25) is 0 Å². The van der Waals surface area contributed by atoms with Gasteiger partial charge in [-0.05, 0) is 12.8 Å². The van der Waals surface area contributed by atoms with Crippen LogP contribution in [0.25, 0.3) is 0 Å². The Kier molecular flexibility index (Phi) is 4.39. The smallest absolute Gasteiger partial charge is 0.306 e. The lowest BCUT2D eigenvalue weighted by Gasteiger charge is -2.21. The van der Waals surface area contributed by atoms with Gasteiger partial charge in [-0.2, -0.15) is 0 Å². The second kappa shape index (κ2) is 5.59. The highest BCUT2D eigenvalue weighted by Gasteiger charge is 2.18. The normalized spacial score (nSPS) is 21.6. The van der Waals surface area contributed by atoms with Crippen molar-refractivity contribution >= 4 is 11.9 Å². The first-order valence-corrected chi connectivity index (χ1v) is 4.67. The van der Waals surface area contributed by atoms with Crippen molar-refractivity contribution in [3.05, 3.63) is 0 Å². The van der Waals surface area contributed by atoms with E-state index in [-0.39, 0.29) is 18.9 Å². The average Bonchev–Trinajstić information content (AvgIpc) is 2.16. The molecule has 5 heteroatoms. The summed E-state index contributed by atoms with van der Waals surface area (Å²) in [7, 11) is 0. The van der Waals surface area contributed by atoms with E-state index in [1.807, 2.05) is 0 Å². The Balaban J connectivity index is 2.15. The molecule has 0 radical (unpaired) electrons. The highest BCUT2D eigenvalue weighted by atomic mass is 16.6. The molecule has 0 saturated carbocycles. The van der Waals surface area contributed by atoms with Gasteiger partial charge in [0.15, 0.2) is 0 Å². The van der Waals surface area contributed by atoms with Crippen molar-refractivity contribution in [2.45, 2.75) is 31.8 Å². The summed E-state index contributed by atoms with van der Waals surface area (Å²) in [4.78, 5) is 21.2. The van der Waals surface area contributed by atoms with Crippen molar-refractivity contribution in [1.82, 2.24) is 0 Å². The van der Waals surface area contributed by atoms with Crippen molar-refractivity contribution in [2.75, 3.05) is 13.2 Å². The van der Waals surface area contributed by atoms with Gasteiger partial charge >= 0.3 is 11.9 Å². The van der Waals surface area contributed by atoms with Gasteiger partial charge in [0.1, 0.15) is 6.10 Å². The molecule has 1 aliphatic rings. The van der Waals surface area contributed by atoms with Gasteiger partial charge in [0, 0.05) is 6.61 Å². The number of aliphatic carboxylic acids is 1. The van der Waals surface area contributed by atoms with Gasteiger partial charge in [0.25, 0.3) is 0 Å². The highest BCUT2D eigenvalue weighted by molar-refractivity contribution is 5.76. The van der Waals surface area contributed by atoms with E-state index in [9.17, 15) is 9.59 Å². The van der Waals surface area contributed by atoms with Crippen molar-refractivity contribution < 1.29 is 24.2 Å². The zero-order valence-electron chi connectivity index (χ0n) is 7.90. The van der Waals surface area contributed by atoms with E-state index in [0.29, 0.717) is 13.2 Å². The number of ether oxygens (including phenoxy) is 2. The molecule has 0 unspecified atom stereocenters. The average molecular weight is 202 g/mol. The summed E-state index contributed by atoms with van der Waals surface area (Å²) in [5.41, 5.74) is 0. The number of esters is 1. The van der Waals surface area contributed by atoms with Crippen LogP contribution < -0.4 is 0 Å². The monoisotopic (exact) mass is 202 g/mol. The Morgan fingerprint density at radius 1 is 1.43 bits per heavy atom. The Hall–Kier alpha value is -1.10. The fourth-order valence-corrected chi connectivity index (χ4v) is 1.26. The Morgan fingerprint density at radius 3 is 2.79 bits per heavy atom. The number of carboxylic acid groups (broad SMARTS) is 1. The van der Waals surface area contributed by atoms with Crippen LogP contribution >= 0.6 is 0 Å². The fourth-order valence-electron chi connectivity index (χ4n) is 1.26. The molecule has 1 atom stereocenters. The number of carbonyl (C=O) groups excluding carboxylic acids is 1. The summed E-state index contributed by atoms with van der Waals surface area (Å²) in [6.45, 7) is 1.14. The first kappa shape index (κ1) is 11.0. The molecule has 1 fully saturated rings. The maximum Gasteiger partial charge on any atom is 0.306 e. The predicted molar refractivity (Wildman–Crippen MR) is 46.8 cm³/mol. The minimum absolute atomic E-state index is 0.0637. The standard InChI is InChI=1S/C9H14O5/c10-8(11)3-4-9(12)14-7-2-1-5-13-6-7/h7H,1-6H2,(H,10,11)/t7-/m0/s1. The summed E-state index contributed by atoms with van der Waals surface area (Å²) in [5, 5.41) is 8.34. The first-order valence-electron chi connectivity index (χ1n) is 4.67. The quantitative estimate of drug-likeness (QED) is 0.675. The van der Waals surface area contributed by atoms with Crippen LogP contribution in [0.3, 0.4) is 0 Å². The van der Waals surface area contributed by atoms with Gasteiger partial charge in [0.2, 0.25) is 0 Å². The summed E-state index contributed by atoms with van der Waals surface area (Å²) < 4.78 is 10.1. The molecule has 1 N–H and O–H groups in total. The maximum atomic E-state index is 11.1. The van der Waals surface area contributed by atoms with Gasteiger partial charge in [0.05, 0.1) is 19.4 Å². The third-order valence-electron chi connectivity index (χ3n) is 1.96. The Labute approximate surface area is 82.0 Å². The van der Waals surface area contributed by atoms with Crippen molar-refractivity contribution in [3.63, 3.8) is 0 Å². The van der Waals surface area contributed by atoms with Crippen molar-refractivity contribution in [1.29, 1.82) is 0 Å². The van der Waals surface area contributed by atoms with Crippen LogP contribution in [0.4, 0.5) is 0 Å². The Morgan fingerprint density at radius 2 is 2.21 bits per heavy atom. The highest BCUT2D eigenvalue weighted by Crippen LogP contribution is 2.10. The molecule has 1 rings (SSSR count). The molecule has 0 aromatic carbocycles. The molecule has 0 spiro atoms. The lowest BCUT2D eigenvalue weighted by atomic mass is 10.2. The first-order chi connectivity index (χ1) is 6.68. The molecular weight excluding hydrogens is 188 g/mol. The summed E-state index contributed by atoms with van der Waals surface area (Å²) >= 11 is 0. The van der Waals surface area contributed by atoms with Gasteiger partial charge < -0.3 is 14.6 Å².